The first kappa shape index (κ1) is 16.1. The number of carboxylic acid groups (broad SMARTS) is 1. The maximum Gasteiger partial charge on any atom is 0.312 e. The fraction of sp³-hybridized carbons (Fsp3) is 0.154. The first-order valence-corrected chi connectivity index (χ1v) is 7.16. The van der Waals surface area contributed by atoms with E-state index in [0.717, 1.165) is 23.5 Å². The van der Waals surface area contributed by atoms with Gasteiger partial charge in [0.25, 0.3) is 0 Å². The van der Waals surface area contributed by atoms with Crippen LogP contribution in [0.15, 0.2) is 24.3 Å². The van der Waals surface area contributed by atoms with Gasteiger partial charge in [-0.2, -0.15) is 0 Å². The number of rotatable bonds is 5. The van der Waals surface area contributed by atoms with Crippen molar-refractivity contribution in [3.05, 3.63) is 49.2 Å². The summed E-state index contributed by atoms with van der Waals surface area (Å²) in [4.78, 5) is 21.9. The van der Waals surface area contributed by atoms with Crippen molar-refractivity contribution in [1.82, 2.24) is 0 Å². The Kier molecular flexibility index (Phi) is 4.53. The van der Waals surface area contributed by atoms with Crippen LogP contribution in [0, 0.1) is 10.1 Å². The molecule has 1 aromatic heterocycles. The molecule has 2 rings (SSSR count). The fourth-order valence-electron chi connectivity index (χ4n) is 1.96. The fourth-order valence-corrected chi connectivity index (χ4v) is 3.12. The summed E-state index contributed by atoms with van der Waals surface area (Å²) >= 11 is 6.87. The van der Waals surface area contributed by atoms with Crippen LogP contribution in [0.3, 0.4) is 0 Å². The molecule has 2 aromatic rings. The van der Waals surface area contributed by atoms with Crippen LogP contribution in [0.4, 0.5) is 5.69 Å². The zero-order chi connectivity index (χ0) is 16.4. The maximum absolute atomic E-state index is 11.4. The molecule has 7 nitrogen and oxygen atoms in total. The third-order valence-electron chi connectivity index (χ3n) is 3.03. The number of phenolic OH excluding ortho intramolecular Hbond substituents is 2. The van der Waals surface area contributed by atoms with Crippen molar-refractivity contribution in [1.29, 1.82) is 0 Å². The van der Waals surface area contributed by atoms with Gasteiger partial charge in [0.15, 0.2) is 5.75 Å². The summed E-state index contributed by atoms with van der Waals surface area (Å²) < 4.78 is 0.419. The molecule has 0 saturated heterocycles. The molecule has 0 bridgehead atoms. The number of nitrogens with zero attached hydrogens (tertiary/aromatic N) is 1. The highest BCUT2D eigenvalue weighted by Gasteiger charge is 2.26. The molecule has 1 heterocycles. The van der Waals surface area contributed by atoms with E-state index in [1.54, 1.807) is 12.1 Å². The molecular formula is C13H10ClNO6S. The predicted molar refractivity (Wildman–Crippen MR) is 79.8 cm³/mol. The smallest absolute Gasteiger partial charge is 0.312 e. The second kappa shape index (κ2) is 6.20. The van der Waals surface area contributed by atoms with Crippen LogP contribution in [-0.4, -0.2) is 26.2 Å². The summed E-state index contributed by atoms with van der Waals surface area (Å²) in [5.74, 6) is -3.24. The molecule has 1 aromatic carbocycles. The van der Waals surface area contributed by atoms with E-state index in [0.29, 0.717) is 9.21 Å². The summed E-state index contributed by atoms with van der Waals surface area (Å²) in [7, 11) is 0. The summed E-state index contributed by atoms with van der Waals surface area (Å²) in [5.41, 5.74) is -0.539. The second-order valence-electron chi connectivity index (χ2n) is 4.46. The average molecular weight is 344 g/mol. The second-order valence-corrected chi connectivity index (χ2v) is 6.21. The number of nitro benzene ring substituents is 1. The number of carboxylic acids is 1. The quantitative estimate of drug-likeness (QED) is 0.566. The van der Waals surface area contributed by atoms with Crippen LogP contribution >= 0.6 is 22.9 Å². The van der Waals surface area contributed by atoms with Gasteiger partial charge in [0.1, 0.15) is 5.75 Å². The molecule has 0 fully saturated rings. The zero-order valence-electron chi connectivity index (χ0n) is 10.9. The highest BCUT2D eigenvalue weighted by molar-refractivity contribution is 7.16. The Labute approximate surface area is 133 Å². The third kappa shape index (κ3) is 3.29. The normalized spacial score (nSPS) is 12.0. The summed E-state index contributed by atoms with van der Waals surface area (Å²) in [5, 5.41) is 39.3. The lowest BCUT2D eigenvalue weighted by molar-refractivity contribution is -0.385. The van der Waals surface area contributed by atoms with Crippen LogP contribution in [0.1, 0.15) is 16.4 Å². The highest BCUT2D eigenvalue weighted by Crippen LogP contribution is 2.37. The van der Waals surface area contributed by atoms with Gasteiger partial charge in [-0.15, -0.1) is 11.3 Å². The van der Waals surface area contributed by atoms with Crippen molar-refractivity contribution in [2.24, 2.45) is 0 Å². The van der Waals surface area contributed by atoms with E-state index < -0.39 is 34.0 Å². The molecule has 1 unspecified atom stereocenters. The monoisotopic (exact) mass is 343 g/mol. The molecule has 3 N–H and O–H groups in total. The van der Waals surface area contributed by atoms with Gasteiger partial charge in [-0.3, -0.25) is 14.9 Å². The van der Waals surface area contributed by atoms with Gasteiger partial charge in [-0.05, 0) is 18.6 Å². The van der Waals surface area contributed by atoms with E-state index in [1.807, 2.05) is 0 Å². The Bertz CT molecular complexity index is 744. The summed E-state index contributed by atoms with van der Waals surface area (Å²) in [6, 6.07) is 4.90. The standard InChI is InChI=1S/C13H10ClNO6S/c14-12-2-1-11(22-12)7(13(18)19)3-6-4-8(15(20)21)10(17)5-9(6)16/h1-2,4-5,7,16-17H,3H2,(H,18,19). The van der Waals surface area contributed by atoms with Crippen molar-refractivity contribution in [2.75, 3.05) is 0 Å². The minimum atomic E-state index is -1.14. The van der Waals surface area contributed by atoms with Gasteiger partial charge in [-0.1, -0.05) is 11.6 Å². The van der Waals surface area contributed by atoms with Crippen molar-refractivity contribution >= 4 is 34.6 Å². The first-order chi connectivity index (χ1) is 10.3. The van der Waals surface area contributed by atoms with Gasteiger partial charge < -0.3 is 15.3 Å². The minimum absolute atomic E-state index is 0.0569. The van der Waals surface area contributed by atoms with E-state index in [2.05, 4.69) is 0 Å². The highest BCUT2D eigenvalue weighted by atomic mass is 35.5. The van der Waals surface area contributed by atoms with Crippen molar-refractivity contribution in [3.8, 4) is 11.5 Å². The molecule has 22 heavy (non-hydrogen) atoms. The van der Waals surface area contributed by atoms with Crippen molar-refractivity contribution in [3.63, 3.8) is 0 Å². The molecule has 0 saturated carbocycles. The number of nitro groups is 1. The van der Waals surface area contributed by atoms with Crippen LogP contribution < -0.4 is 0 Å². The molecule has 0 radical (unpaired) electrons. The van der Waals surface area contributed by atoms with E-state index in [4.69, 9.17) is 11.6 Å². The molecule has 116 valence electrons. The van der Waals surface area contributed by atoms with Gasteiger partial charge in [-0.25, -0.2) is 0 Å². The van der Waals surface area contributed by atoms with Crippen molar-refractivity contribution in [2.45, 2.75) is 12.3 Å². The number of carbonyl (C=O) groups is 1. The lowest BCUT2D eigenvalue weighted by Crippen LogP contribution is -2.13. The van der Waals surface area contributed by atoms with E-state index in [9.17, 15) is 30.2 Å². The topological polar surface area (TPSA) is 121 Å². The van der Waals surface area contributed by atoms with Crippen LogP contribution in [0.2, 0.25) is 4.34 Å². The molecule has 0 aliphatic heterocycles. The lowest BCUT2D eigenvalue weighted by atomic mass is 9.96. The Hall–Kier alpha value is -2.32. The van der Waals surface area contributed by atoms with Crippen LogP contribution in [0.25, 0.3) is 0 Å². The minimum Gasteiger partial charge on any atom is -0.508 e. The van der Waals surface area contributed by atoms with E-state index in [-0.39, 0.29) is 12.0 Å². The van der Waals surface area contributed by atoms with Crippen molar-refractivity contribution < 1.29 is 25.0 Å². The molecular weight excluding hydrogens is 334 g/mol. The molecule has 0 aliphatic carbocycles. The van der Waals surface area contributed by atoms with Crippen LogP contribution in [-0.2, 0) is 11.2 Å². The zero-order valence-corrected chi connectivity index (χ0v) is 12.5. The Balaban J connectivity index is 2.40. The first-order valence-electron chi connectivity index (χ1n) is 5.97. The Morgan fingerprint density at radius 3 is 2.50 bits per heavy atom. The molecule has 1 atom stereocenters. The van der Waals surface area contributed by atoms with E-state index >= 15 is 0 Å². The summed E-state index contributed by atoms with van der Waals surface area (Å²) in [6.45, 7) is 0. The summed E-state index contributed by atoms with van der Waals surface area (Å²) in [6.07, 6.45) is -0.168. The molecule has 0 aliphatic rings. The number of thiophene rings is 1. The molecule has 0 spiro atoms. The van der Waals surface area contributed by atoms with Gasteiger partial charge >= 0.3 is 11.7 Å². The Morgan fingerprint density at radius 1 is 1.32 bits per heavy atom. The average Bonchev–Trinajstić information content (AvgIpc) is 2.83. The van der Waals surface area contributed by atoms with Gasteiger partial charge in [0.05, 0.1) is 15.2 Å². The van der Waals surface area contributed by atoms with Gasteiger partial charge in [0, 0.05) is 22.6 Å². The van der Waals surface area contributed by atoms with Gasteiger partial charge in [0.2, 0.25) is 0 Å². The third-order valence-corrected chi connectivity index (χ3v) is 4.38. The molecule has 9 heteroatoms. The predicted octanol–water partition coefficient (Wildman–Crippen LogP) is 3.13. The molecule has 0 amide bonds. The Morgan fingerprint density at radius 2 is 2.00 bits per heavy atom. The number of hydrogen-bond acceptors (Lipinski definition) is 6. The number of hydrogen-bond donors (Lipinski definition) is 3. The van der Waals surface area contributed by atoms with E-state index in [1.165, 1.54) is 0 Å². The number of halogens is 1. The maximum atomic E-state index is 11.4. The SMILES string of the molecule is O=C(O)C(Cc1cc([N+](=O)[O-])c(O)cc1O)c1ccc(Cl)s1. The number of phenols is 2. The largest absolute Gasteiger partial charge is 0.508 e. The van der Waals surface area contributed by atoms with Crippen LogP contribution in [0.5, 0.6) is 11.5 Å². The lowest BCUT2D eigenvalue weighted by Gasteiger charge is -2.12. The number of aliphatic carboxylic acids is 1. The number of benzene rings is 1. The number of aromatic hydroxyl groups is 2.